The van der Waals surface area contributed by atoms with Gasteiger partial charge in [-0.3, -0.25) is 9.59 Å². The van der Waals surface area contributed by atoms with E-state index in [9.17, 15) is 14.0 Å². The van der Waals surface area contributed by atoms with Gasteiger partial charge >= 0.3 is 0 Å². The SMILES string of the molecule is O=C1C[C@H](C(=O)Nc2ccccc2N2CCc3sccc3C2)c2ccc(F)cc2N1. The molecule has 2 amide bonds. The number of hydrogen-bond donors (Lipinski definition) is 2. The van der Waals surface area contributed by atoms with Crippen LogP contribution >= 0.6 is 11.3 Å². The Kier molecular flexibility index (Phi) is 4.75. The van der Waals surface area contributed by atoms with Crippen molar-refractivity contribution in [2.24, 2.45) is 0 Å². The number of anilines is 3. The lowest BCUT2D eigenvalue weighted by Crippen LogP contribution is -2.33. The van der Waals surface area contributed by atoms with Crippen LogP contribution in [0.3, 0.4) is 0 Å². The van der Waals surface area contributed by atoms with Gasteiger partial charge in [0.05, 0.1) is 17.3 Å². The van der Waals surface area contributed by atoms with Gasteiger partial charge in [-0.15, -0.1) is 11.3 Å². The van der Waals surface area contributed by atoms with Crippen molar-refractivity contribution in [3.63, 3.8) is 0 Å². The lowest BCUT2D eigenvalue weighted by atomic mass is 9.89. The molecule has 2 aromatic carbocycles. The molecule has 3 aromatic rings. The number of fused-ring (bicyclic) bond motifs is 2. The zero-order valence-electron chi connectivity index (χ0n) is 16.2. The maximum atomic E-state index is 13.6. The van der Waals surface area contributed by atoms with Gasteiger partial charge in [-0.05, 0) is 53.3 Å². The second-order valence-electron chi connectivity index (χ2n) is 7.58. The minimum atomic E-state index is -0.660. The Morgan fingerprint density at radius 2 is 2.07 bits per heavy atom. The summed E-state index contributed by atoms with van der Waals surface area (Å²) in [5, 5.41) is 7.79. The average Bonchev–Trinajstić information content (AvgIpc) is 3.21. The zero-order valence-corrected chi connectivity index (χ0v) is 17.0. The molecule has 0 aliphatic carbocycles. The number of carbonyl (C=O) groups is 2. The maximum Gasteiger partial charge on any atom is 0.232 e. The van der Waals surface area contributed by atoms with Gasteiger partial charge < -0.3 is 15.5 Å². The third-order valence-electron chi connectivity index (χ3n) is 5.68. The number of halogens is 1. The molecule has 0 radical (unpaired) electrons. The van der Waals surface area contributed by atoms with E-state index >= 15 is 0 Å². The number of rotatable bonds is 3. The highest BCUT2D eigenvalue weighted by molar-refractivity contribution is 7.10. The molecule has 2 N–H and O–H groups in total. The van der Waals surface area contributed by atoms with Crippen molar-refractivity contribution in [2.75, 3.05) is 22.1 Å². The fraction of sp³-hybridized carbons (Fsp3) is 0.217. The van der Waals surface area contributed by atoms with Crippen LogP contribution in [0.25, 0.3) is 0 Å². The largest absolute Gasteiger partial charge is 0.365 e. The molecule has 1 atom stereocenters. The normalized spacial score (nSPS) is 17.7. The minimum Gasteiger partial charge on any atom is -0.365 e. The van der Waals surface area contributed by atoms with E-state index in [1.54, 1.807) is 17.4 Å². The van der Waals surface area contributed by atoms with Gasteiger partial charge in [0.25, 0.3) is 0 Å². The average molecular weight is 421 g/mol. The molecule has 152 valence electrons. The first-order chi connectivity index (χ1) is 14.6. The van der Waals surface area contributed by atoms with E-state index in [0.29, 0.717) is 11.3 Å². The number of amides is 2. The number of thiophene rings is 1. The first-order valence-corrected chi connectivity index (χ1v) is 10.8. The van der Waals surface area contributed by atoms with Gasteiger partial charge in [0.1, 0.15) is 5.82 Å². The predicted molar refractivity (Wildman–Crippen MR) is 117 cm³/mol. The van der Waals surface area contributed by atoms with Gasteiger partial charge in [-0.2, -0.15) is 0 Å². The topological polar surface area (TPSA) is 61.4 Å². The minimum absolute atomic E-state index is 0.0363. The van der Waals surface area contributed by atoms with E-state index in [0.717, 1.165) is 30.9 Å². The fourth-order valence-electron chi connectivity index (χ4n) is 4.20. The van der Waals surface area contributed by atoms with Gasteiger partial charge in [0.2, 0.25) is 11.8 Å². The molecule has 5 rings (SSSR count). The number of para-hydroxylation sites is 2. The van der Waals surface area contributed by atoms with Crippen LogP contribution < -0.4 is 15.5 Å². The highest BCUT2D eigenvalue weighted by Crippen LogP contribution is 2.36. The summed E-state index contributed by atoms with van der Waals surface area (Å²) in [6.07, 6.45) is 1.02. The first kappa shape index (κ1) is 18.8. The number of carbonyl (C=O) groups excluding carboxylic acids is 2. The van der Waals surface area contributed by atoms with Gasteiger partial charge in [-0.1, -0.05) is 18.2 Å². The van der Waals surface area contributed by atoms with Crippen LogP contribution in [0.4, 0.5) is 21.5 Å². The third kappa shape index (κ3) is 3.45. The van der Waals surface area contributed by atoms with E-state index < -0.39 is 11.7 Å². The smallest absolute Gasteiger partial charge is 0.232 e. The molecule has 0 saturated heterocycles. The van der Waals surface area contributed by atoms with Crippen LogP contribution in [0.1, 0.15) is 28.3 Å². The fourth-order valence-corrected chi connectivity index (χ4v) is 5.09. The second-order valence-corrected chi connectivity index (χ2v) is 8.58. The Balaban J connectivity index is 1.41. The molecular formula is C23H20FN3O2S. The van der Waals surface area contributed by atoms with Crippen LogP contribution in [-0.4, -0.2) is 18.4 Å². The number of nitrogens with one attached hydrogen (secondary N) is 2. The summed E-state index contributed by atoms with van der Waals surface area (Å²) >= 11 is 1.79. The van der Waals surface area contributed by atoms with Crippen molar-refractivity contribution < 1.29 is 14.0 Å². The number of nitrogens with zero attached hydrogens (tertiary/aromatic N) is 1. The molecule has 0 unspecified atom stereocenters. The van der Waals surface area contributed by atoms with Crippen LogP contribution in [0.15, 0.2) is 53.9 Å². The summed E-state index contributed by atoms with van der Waals surface area (Å²) in [6, 6.07) is 14.0. The van der Waals surface area contributed by atoms with Crippen LogP contribution in [0.2, 0.25) is 0 Å². The van der Waals surface area contributed by atoms with Crippen molar-refractivity contribution in [3.8, 4) is 0 Å². The van der Waals surface area contributed by atoms with Crippen LogP contribution in [0.5, 0.6) is 0 Å². The molecule has 0 bridgehead atoms. The second kappa shape index (κ2) is 7.57. The molecule has 0 spiro atoms. The Hall–Kier alpha value is -3.19. The van der Waals surface area contributed by atoms with E-state index in [1.807, 2.05) is 24.3 Å². The number of hydrogen-bond acceptors (Lipinski definition) is 4. The quantitative estimate of drug-likeness (QED) is 0.654. The number of benzene rings is 2. The molecule has 0 fully saturated rings. The summed E-state index contributed by atoms with van der Waals surface area (Å²) < 4.78 is 13.6. The van der Waals surface area contributed by atoms with E-state index in [1.165, 1.54) is 22.6 Å². The maximum absolute atomic E-state index is 13.6. The van der Waals surface area contributed by atoms with Gasteiger partial charge in [-0.25, -0.2) is 4.39 Å². The molecule has 3 heterocycles. The Morgan fingerprint density at radius 3 is 2.97 bits per heavy atom. The standard InChI is InChI=1S/C23H20FN3O2S/c24-15-5-6-16-17(12-22(28)25-19(16)11-15)23(29)26-18-3-1-2-4-20(18)27-9-7-21-14(13-27)8-10-30-21/h1-6,8,10-11,17H,7,9,12-13H2,(H,25,28)(H,26,29)/t17-/m0/s1. The molecule has 0 saturated carbocycles. The Labute approximate surface area is 177 Å². The van der Waals surface area contributed by atoms with Crippen molar-refractivity contribution in [2.45, 2.75) is 25.3 Å². The van der Waals surface area contributed by atoms with Crippen molar-refractivity contribution in [1.29, 1.82) is 0 Å². The molecule has 7 heteroatoms. The lowest BCUT2D eigenvalue weighted by Gasteiger charge is -2.31. The summed E-state index contributed by atoms with van der Waals surface area (Å²) in [5.74, 6) is -1.66. The zero-order chi connectivity index (χ0) is 20.7. The monoisotopic (exact) mass is 421 g/mol. The Morgan fingerprint density at radius 1 is 1.20 bits per heavy atom. The van der Waals surface area contributed by atoms with Crippen LogP contribution in [-0.2, 0) is 22.6 Å². The highest BCUT2D eigenvalue weighted by Gasteiger charge is 2.31. The third-order valence-corrected chi connectivity index (χ3v) is 6.70. The summed E-state index contributed by atoms with van der Waals surface area (Å²) in [7, 11) is 0. The molecule has 1 aromatic heterocycles. The van der Waals surface area contributed by atoms with Crippen molar-refractivity contribution >= 4 is 40.2 Å². The molecule has 30 heavy (non-hydrogen) atoms. The molecule has 2 aliphatic rings. The predicted octanol–water partition coefficient (Wildman–Crippen LogP) is 4.51. The van der Waals surface area contributed by atoms with Gasteiger partial charge in [0, 0.05) is 30.1 Å². The molecule has 2 aliphatic heterocycles. The van der Waals surface area contributed by atoms with Crippen LogP contribution in [0, 0.1) is 5.82 Å². The molecule has 5 nitrogen and oxygen atoms in total. The first-order valence-electron chi connectivity index (χ1n) is 9.88. The van der Waals surface area contributed by atoms with Crippen molar-refractivity contribution in [1.82, 2.24) is 0 Å². The van der Waals surface area contributed by atoms with E-state index in [4.69, 9.17) is 0 Å². The Bertz CT molecular complexity index is 1140. The van der Waals surface area contributed by atoms with Crippen molar-refractivity contribution in [3.05, 3.63) is 75.7 Å². The summed E-state index contributed by atoms with van der Waals surface area (Å²) in [4.78, 5) is 28.9. The summed E-state index contributed by atoms with van der Waals surface area (Å²) in [5.41, 5.74) is 4.00. The molecular weight excluding hydrogens is 401 g/mol. The summed E-state index contributed by atoms with van der Waals surface area (Å²) in [6.45, 7) is 1.69. The van der Waals surface area contributed by atoms with E-state index in [-0.39, 0.29) is 18.2 Å². The lowest BCUT2D eigenvalue weighted by molar-refractivity contribution is -0.123. The van der Waals surface area contributed by atoms with E-state index in [2.05, 4.69) is 27.0 Å². The van der Waals surface area contributed by atoms with Gasteiger partial charge in [0.15, 0.2) is 0 Å². The highest BCUT2D eigenvalue weighted by atomic mass is 32.1.